The van der Waals surface area contributed by atoms with Crippen LogP contribution in [-0.4, -0.2) is 26.2 Å². The van der Waals surface area contributed by atoms with E-state index >= 15 is 0 Å². The van der Waals surface area contributed by atoms with Crippen LogP contribution < -0.4 is 4.74 Å². The van der Waals surface area contributed by atoms with Crippen molar-refractivity contribution < 1.29 is 30.0 Å². The first-order valence-electron chi connectivity index (χ1n) is 6.21. The highest BCUT2D eigenvalue weighted by atomic mass is 16.5. The lowest BCUT2D eigenvalue weighted by Crippen LogP contribution is -2.30. The van der Waals surface area contributed by atoms with Crippen LogP contribution in [0.1, 0.15) is 23.3 Å². The number of phenolic OH excluding ortho intramolecular Hbond substituents is 3. The Kier molecular flexibility index (Phi) is 2.95. The molecule has 2 aromatic carbocycles. The summed E-state index contributed by atoms with van der Waals surface area (Å²) in [6.45, 7) is 0. The number of carbonyl (C=O) groups is 1. The fraction of sp³-hybridized carbons (Fsp3) is 0.133. The molecule has 2 unspecified atom stereocenters. The summed E-state index contributed by atoms with van der Waals surface area (Å²) in [5, 5.41) is 39.1. The number of ketones is 1. The van der Waals surface area contributed by atoms with Gasteiger partial charge in [0, 0.05) is 17.7 Å². The largest absolute Gasteiger partial charge is 0.508 e. The van der Waals surface area contributed by atoms with E-state index in [9.17, 15) is 25.2 Å². The van der Waals surface area contributed by atoms with Crippen LogP contribution in [0.25, 0.3) is 0 Å². The molecule has 2 aromatic rings. The average Bonchev–Trinajstić information content (AvgIpc) is 2.43. The number of carbonyl (C=O) groups excluding carboxylic acids is 1. The number of phenols is 3. The number of hydrogen-bond donors (Lipinski definition) is 4. The Labute approximate surface area is 119 Å². The Morgan fingerprint density at radius 2 is 1.71 bits per heavy atom. The van der Waals surface area contributed by atoms with E-state index < -0.39 is 23.7 Å². The summed E-state index contributed by atoms with van der Waals surface area (Å²) in [5.41, 5.74) is 0.111. The Hall–Kier alpha value is -2.73. The summed E-state index contributed by atoms with van der Waals surface area (Å²) in [6.07, 6.45) is -2.81. The molecular formula is C15H12O6. The molecule has 2 atom stereocenters. The van der Waals surface area contributed by atoms with Gasteiger partial charge in [-0.2, -0.15) is 0 Å². The number of hydrogen-bond acceptors (Lipinski definition) is 6. The van der Waals surface area contributed by atoms with Gasteiger partial charge in [0.05, 0.1) is 5.56 Å². The Morgan fingerprint density at radius 1 is 1.00 bits per heavy atom. The maximum atomic E-state index is 12.2. The monoisotopic (exact) mass is 288 g/mol. The molecule has 6 heteroatoms. The minimum atomic E-state index is -1.60. The number of rotatable bonds is 1. The van der Waals surface area contributed by atoms with E-state index in [1.54, 1.807) is 12.1 Å². The second kappa shape index (κ2) is 4.68. The lowest BCUT2D eigenvalue weighted by molar-refractivity contribution is -0.137. The zero-order valence-corrected chi connectivity index (χ0v) is 10.7. The highest BCUT2D eigenvalue weighted by Crippen LogP contribution is 2.45. The smallest absolute Gasteiger partial charge is 0.211 e. The van der Waals surface area contributed by atoms with Gasteiger partial charge >= 0.3 is 0 Å². The zero-order chi connectivity index (χ0) is 15.1. The maximum Gasteiger partial charge on any atom is 0.211 e. The van der Waals surface area contributed by atoms with Crippen molar-refractivity contribution in [3.05, 3.63) is 47.5 Å². The summed E-state index contributed by atoms with van der Waals surface area (Å²) >= 11 is 0. The molecule has 0 spiro atoms. The molecule has 0 radical (unpaired) electrons. The van der Waals surface area contributed by atoms with Gasteiger partial charge in [-0.3, -0.25) is 4.79 Å². The molecule has 0 saturated carbocycles. The van der Waals surface area contributed by atoms with Crippen LogP contribution in [-0.2, 0) is 4.79 Å². The molecule has 3 rings (SSSR count). The lowest BCUT2D eigenvalue weighted by Gasteiger charge is -2.29. The number of para-hydroxylation sites is 1. The average molecular weight is 288 g/mol. The van der Waals surface area contributed by atoms with Crippen molar-refractivity contribution in [2.45, 2.75) is 12.2 Å². The van der Waals surface area contributed by atoms with Crippen LogP contribution in [0.2, 0.25) is 0 Å². The quantitative estimate of drug-likeness (QED) is 0.634. The van der Waals surface area contributed by atoms with Crippen molar-refractivity contribution in [2.24, 2.45) is 0 Å². The number of benzene rings is 2. The lowest BCUT2D eigenvalue weighted by atomic mass is 9.92. The molecule has 1 heterocycles. The zero-order valence-electron chi connectivity index (χ0n) is 10.7. The predicted octanol–water partition coefficient (Wildman–Crippen LogP) is 1.54. The molecule has 0 aliphatic carbocycles. The third-order valence-electron chi connectivity index (χ3n) is 3.37. The molecule has 0 bridgehead atoms. The van der Waals surface area contributed by atoms with Crippen LogP contribution >= 0.6 is 0 Å². The number of aliphatic hydroxyl groups excluding tert-OH is 1. The second-order valence-corrected chi connectivity index (χ2v) is 4.74. The molecule has 0 saturated heterocycles. The van der Waals surface area contributed by atoms with Crippen LogP contribution in [0.4, 0.5) is 0 Å². The molecule has 6 nitrogen and oxygen atoms in total. The van der Waals surface area contributed by atoms with Crippen molar-refractivity contribution in [1.82, 2.24) is 0 Å². The first-order valence-corrected chi connectivity index (χ1v) is 6.21. The van der Waals surface area contributed by atoms with Gasteiger partial charge in [-0.1, -0.05) is 18.2 Å². The van der Waals surface area contributed by atoms with Gasteiger partial charge in [-0.15, -0.1) is 0 Å². The van der Waals surface area contributed by atoms with Crippen molar-refractivity contribution in [2.75, 3.05) is 0 Å². The predicted molar refractivity (Wildman–Crippen MR) is 71.2 cm³/mol. The van der Waals surface area contributed by atoms with Gasteiger partial charge in [-0.05, 0) is 6.07 Å². The fourth-order valence-corrected chi connectivity index (χ4v) is 2.37. The highest BCUT2D eigenvalue weighted by molar-refractivity contribution is 5.93. The van der Waals surface area contributed by atoms with E-state index in [0.717, 1.165) is 6.07 Å². The van der Waals surface area contributed by atoms with Gasteiger partial charge < -0.3 is 25.2 Å². The molecule has 1 aliphatic rings. The van der Waals surface area contributed by atoms with Gasteiger partial charge in [0.15, 0.2) is 6.10 Å². The van der Waals surface area contributed by atoms with Crippen LogP contribution in [0, 0.1) is 0 Å². The third-order valence-corrected chi connectivity index (χ3v) is 3.37. The number of ether oxygens (including phenoxy) is 1. The van der Waals surface area contributed by atoms with Gasteiger partial charge in [-0.25, -0.2) is 0 Å². The van der Waals surface area contributed by atoms with E-state index in [1.165, 1.54) is 18.2 Å². The van der Waals surface area contributed by atoms with E-state index in [-0.39, 0.29) is 28.4 Å². The third kappa shape index (κ3) is 2.05. The molecule has 0 fully saturated rings. The normalized spacial score (nSPS) is 20.7. The summed E-state index contributed by atoms with van der Waals surface area (Å²) in [5.74, 6) is -1.54. The summed E-state index contributed by atoms with van der Waals surface area (Å²) in [4.78, 5) is 12.2. The van der Waals surface area contributed by atoms with Crippen molar-refractivity contribution in [3.8, 4) is 23.0 Å². The number of aromatic hydroxyl groups is 3. The van der Waals surface area contributed by atoms with Crippen LogP contribution in [0.15, 0.2) is 36.4 Å². The van der Waals surface area contributed by atoms with E-state index in [2.05, 4.69) is 0 Å². The van der Waals surface area contributed by atoms with E-state index in [4.69, 9.17) is 4.74 Å². The summed E-state index contributed by atoms with van der Waals surface area (Å²) in [7, 11) is 0. The molecule has 1 aliphatic heterocycles. The molecule has 21 heavy (non-hydrogen) atoms. The number of Topliss-reactive ketones (excluding diaryl/α,β-unsaturated/α-hetero) is 1. The first-order chi connectivity index (χ1) is 9.99. The number of aliphatic hydroxyl groups is 1. The number of fused-ring (bicyclic) bond motifs is 1. The van der Waals surface area contributed by atoms with Gasteiger partial charge in [0.25, 0.3) is 0 Å². The van der Waals surface area contributed by atoms with Gasteiger partial charge in [0.2, 0.25) is 5.78 Å². The van der Waals surface area contributed by atoms with Crippen LogP contribution in [0.5, 0.6) is 23.0 Å². The van der Waals surface area contributed by atoms with Crippen LogP contribution in [0.3, 0.4) is 0 Å². The van der Waals surface area contributed by atoms with Crippen molar-refractivity contribution >= 4 is 5.78 Å². The second-order valence-electron chi connectivity index (χ2n) is 4.74. The summed E-state index contributed by atoms with van der Waals surface area (Å²) in [6, 6.07) is 8.31. The first kappa shape index (κ1) is 13.3. The molecule has 4 N–H and O–H groups in total. The summed E-state index contributed by atoms with van der Waals surface area (Å²) < 4.78 is 5.45. The molecule has 0 aromatic heterocycles. The molecular weight excluding hydrogens is 276 g/mol. The fourth-order valence-electron chi connectivity index (χ4n) is 2.37. The minimum Gasteiger partial charge on any atom is -0.508 e. The molecule has 0 amide bonds. The SMILES string of the molecule is O=C1C(O)c2c(O)cc(O)cc2OC1c1ccccc1O. The van der Waals surface area contributed by atoms with Crippen molar-refractivity contribution in [1.29, 1.82) is 0 Å². The maximum absolute atomic E-state index is 12.2. The van der Waals surface area contributed by atoms with Crippen molar-refractivity contribution in [3.63, 3.8) is 0 Å². The standard InChI is InChI=1S/C15H12O6/c16-7-5-10(18)12-11(6-7)21-15(14(20)13(12)19)8-3-1-2-4-9(8)17/h1-6,13,15-19H. The molecule has 108 valence electrons. The highest BCUT2D eigenvalue weighted by Gasteiger charge is 2.39. The Balaban J connectivity index is 2.12. The van der Waals surface area contributed by atoms with E-state index in [0.29, 0.717) is 0 Å². The van der Waals surface area contributed by atoms with Gasteiger partial charge in [0.1, 0.15) is 29.1 Å². The van der Waals surface area contributed by atoms with E-state index in [1.807, 2.05) is 0 Å². The topological polar surface area (TPSA) is 107 Å². The Bertz CT molecular complexity index is 724. The Morgan fingerprint density at radius 3 is 2.43 bits per heavy atom. The minimum absolute atomic E-state index is 0.00662.